The summed E-state index contributed by atoms with van der Waals surface area (Å²) in [6.07, 6.45) is 11.8. The summed E-state index contributed by atoms with van der Waals surface area (Å²) in [6.45, 7) is 3.00. The molecule has 0 atom stereocenters. The normalized spacial score (nSPS) is 10.8. The van der Waals surface area contributed by atoms with Crippen LogP contribution in [0.4, 0.5) is 11.4 Å². The van der Waals surface area contributed by atoms with Gasteiger partial charge in [0.1, 0.15) is 12.7 Å². The minimum absolute atomic E-state index is 0.452. The van der Waals surface area contributed by atoms with E-state index in [-0.39, 0.29) is 0 Å². The SMILES string of the molecule is COc1ccc(-c2cncc(C#N)c2Nc2cccc3[nH]ccc23)cc1OCCNCCCn1ccnc1. The number of pyridine rings is 1. The second-order valence-corrected chi connectivity index (χ2v) is 8.71. The number of hydrogen-bond acceptors (Lipinski definition) is 7. The van der Waals surface area contributed by atoms with Crippen LogP contribution >= 0.6 is 0 Å². The number of nitrogens with one attached hydrogen (secondary N) is 3. The number of aryl methyl sites for hydroxylation is 1. The maximum Gasteiger partial charge on any atom is 0.161 e. The number of H-pyrrole nitrogens is 1. The van der Waals surface area contributed by atoms with Crippen LogP contribution in [-0.2, 0) is 6.54 Å². The van der Waals surface area contributed by atoms with Crippen molar-refractivity contribution in [1.29, 1.82) is 5.26 Å². The lowest BCUT2D eigenvalue weighted by Gasteiger charge is -2.16. The first-order valence-electron chi connectivity index (χ1n) is 12.5. The van der Waals surface area contributed by atoms with Crippen molar-refractivity contribution in [2.24, 2.45) is 0 Å². The van der Waals surface area contributed by atoms with Crippen molar-refractivity contribution in [2.75, 3.05) is 32.1 Å². The van der Waals surface area contributed by atoms with Crippen molar-refractivity contribution in [2.45, 2.75) is 13.0 Å². The van der Waals surface area contributed by atoms with Gasteiger partial charge in [-0.15, -0.1) is 0 Å². The molecule has 3 heterocycles. The van der Waals surface area contributed by atoms with Gasteiger partial charge in [0.2, 0.25) is 0 Å². The van der Waals surface area contributed by atoms with E-state index in [1.807, 2.05) is 61.2 Å². The molecule has 0 aliphatic carbocycles. The highest BCUT2D eigenvalue weighted by molar-refractivity contribution is 5.96. The summed E-state index contributed by atoms with van der Waals surface area (Å²) in [4.78, 5) is 11.6. The van der Waals surface area contributed by atoms with Gasteiger partial charge in [0, 0.05) is 66.2 Å². The molecule has 9 nitrogen and oxygen atoms in total. The van der Waals surface area contributed by atoms with Crippen LogP contribution in [0, 0.1) is 11.3 Å². The molecule has 192 valence electrons. The zero-order valence-corrected chi connectivity index (χ0v) is 21.1. The van der Waals surface area contributed by atoms with Gasteiger partial charge >= 0.3 is 0 Å². The maximum atomic E-state index is 9.84. The third-order valence-electron chi connectivity index (χ3n) is 6.26. The fourth-order valence-corrected chi connectivity index (χ4v) is 4.35. The van der Waals surface area contributed by atoms with Gasteiger partial charge in [-0.3, -0.25) is 4.98 Å². The molecule has 2 aromatic carbocycles. The Morgan fingerprint density at radius 1 is 1.08 bits per heavy atom. The van der Waals surface area contributed by atoms with Crippen LogP contribution in [0.15, 0.2) is 79.8 Å². The van der Waals surface area contributed by atoms with Gasteiger partial charge < -0.3 is 29.7 Å². The Labute approximate surface area is 221 Å². The van der Waals surface area contributed by atoms with Crippen LogP contribution in [0.1, 0.15) is 12.0 Å². The zero-order valence-electron chi connectivity index (χ0n) is 21.1. The Bertz CT molecular complexity index is 1540. The summed E-state index contributed by atoms with van der Waals surface area (Å²) in [5.41, 5.74) is 4.71. The summed E-state index contributed by atoms with van der Waals surface area (Å²) in [6, 6.07) is 16.0. The van der Waals surface area contributed by atoms with Crippen LogP contribution in [0.2, 0.25) is 0 Å². The number of methoxy groups -OCH3 is 1. The minimum atomic E-state index is 0.452. The monoisotopic (exact) mass is 507 g/mol. The van der Waals surface area contributed by atoms with E-state index < -0.39 is 0 Å². The summed E-state index contributed by atoms with van der Waals surface area (Å²) in [5.74, 6) is 1.27. The van der Waals surface area contributed by atoms with E-state index in [0.717, 1.165) is 47.2 Å². The van der Waals surface area contributed by atoms with E-state index in [9.17, 15) is 5.26 Å². The van der Waals surface area contributed by atoms with E-state index in [1.165, 1.54) is 0 Å². The fraction of sp³-hybridized carbons (Fsp3) is 0.207. The van der Waals surface area contributed by atoms with Crippen LogP contribution in [0.5, 0.6) is 11.5 Å². The topological polar surface area (TPSA) is 113 Å². The quantitative estimate of drug-likeness (QED) is 0.201. The number of rotatable bonds is 12. The van der Waals surface area contributed by atoms with E-state index in [1.54, 1.807) is 25.7 Å². The van der Waals surface area contributed by atoms with Gasteiger partial charge in [0.25, 0.3) is 0 Å². The highest BCUT2D eigenvalue weighted by Crippen LogP contribution is 2.38. The van der Waals surface area contributed by atoms with Gasteiger partial charge in [0.05, 0.1) is 24.7 Å². The van der Waals surface area contributed by atoms with Crippen molar-refractivity contribution in [1.82, 2.24) is 24.8 Å². The first-order valence-corrected chi connectivity index (χ1v) is 12.5. The highest BCUT2D eigenvalue weighted by atomic mass is 16.5. The molecule has 38 heavy (non-hydrogen) atoms. The molecule has 0 bridgehead atoms. The van der Waals surface area contributed by atoms with Crippen molar-refractivity contribution in [3.05, 3.63) is 85.3 Å². The van der Waals surface area contributed by atoms with Crippen LogP contribution < -0.4 is 20.1 Å². The Kier molecular flexibility index (Phi) is 7.82. The number of aromatic amines is 1. The molecule has 3 aromatic heterocycles. The third kappa shape index (κ3) is 5.61. The second-order valence-electron chi connectivity index (χ2n) is 8.71. The van der Waals surface area contributed by atoms with Crippen molar-refractivity contribution < 1.29 is 9.47 Å². The molecule has 0 unspecified atom stereocenters. The van der Waals surface area contributed by atoms with Gasteiger partial charge in [-0.25, -0.2) is 4.98 Å². The van der Waals surface area contributed by atoms with Crippen molar-refractivity contribution in [3.63, 3.8) is 0 Å². The average molecular weight is 508 g/mol. The number of nitriles is 1. The zero-order chi connectivity index (χ0) is 26.2. The van der Waals surface area contributed by atoms with E-state index in [0.29, 0.717) is 35.9 Å². The second kappa shape index (κ2) is 12.0. The molecule has 9 heteroatoms. The van der Waals surface area contributed by atoms with Gasteiger partial charge in [0.15, 0.2) is 11.5 Å². The van der Waals surface area contributed by atoms with Crippen molar-refractivity contribution >= 4 is 22.3 Å². The Balaban J connectivity index is 1.31. The Morgan fingerprint density at radius 2 is 2.03 bits per heavy atom. The number of anilines is 2. The van der Waals surface area contributed by atoms with Gasteiger partial charge in [-0.2, -0.15) is 5.26 Å². The van der Waals surface area contributed by atoms with Crippen LogP contribution in [0.25, 0.3) is 22.0 Å². The smallest absolute Gasteiger partial charge is 0.161 e. The molecule has 0 amide bonds. The fourth-order valence-electron chi connectivity index (χ4n) is 4.35. The lowest BCUT2D eigenvalue weighted by molar-refractivity contribution is 0.292. The summed E-state index contributed by atoms with van der Waals surface area (Å²) < 4.78 is 13.7. The lowest BCUT2D eigenvalue weighted by Crippen LogP contribution is -2.23. The van der Waals surface area contributed by atoms with Crippen LogP contribution in [0.3, 0.4) is 0 Å². The highest BCUT2D eigenvalue weighted by Gasteiger charge is 2.15. The largest absolute Gasteiger partial charge is 0.493 e. The van der Waals surface area contributed by atoms with Gasteiger partial charge in [-0.1, -0.05) is 12.1 Å². The number of fused-ring (bicyclic) bond motifs is 1. The molecule has 5 aromatic rings. The number of nitrogens with zero attached hydrogens (tertiary/aromatic N) is 4. The predicted octanol–water partition coefficient (Wildman–Crippen LogP) is 5.11. The molecule has 0 radical (unpaired) electrons. The number of ether oxygens (including phenoxy) is 2. The molecule has 0 fully saturated rings. The molecule has 0 aliphatic rings. The maximum absolute atomic E-state index is 9.84. The van der Waals surface area contributed by atoms with E-state index in [4.69, 9.17) is 9.47 Å². The summed E-state index contributed by atoms with van der Waals surface area (Å²) >= 11 is 0. The molecular weight excluding hydrogens is 478 g/mol. The molecule has 0 aliphatic heterocycles. The third-order valence-corrected chi connectivity index (χ3v) is 6.26. The summed E-state index contributed by atoms with van der Waals surface area (Å²) in [5, 5.41) is 17.8. The molecule has 0 saturated carbocycles. The summed E-state index contributed by atoms with van der Waals surface area (Å²) in [7, 11) is 1.62. The number of aromatic nitrogens is 4. The first-order chi connectivity index (χ1) is 18.8. The Morgan fingerprint density at radius 3 is 2.87 bits per heavy atom. The first kappa shape index (κ1) is 24.9. The molecule has 0 spiro atoms. The van der Waals surface area contributed by atoms with E-state index in [2.05, 4.69) is 36.2 Å². The average Bonchev–Trinajstić information content (AvgIpc) is 3.65. The number of imidazole rings is 1. The standard InChI is InChI=1S/C29H29N7O2/c1-37-27-7-6-21(16-28(27)38-15-12-31-9-3-13-36-14-11-32-20-36)24-19-33-18-22(17-30)29(24)35-26-5-2-4-25-23(26)8-10-34-25/h2,4-8,10-11,14,16,18-20,31,34H,3,9,12-13,15H2,1H3,(H,33,35). The minimum Gasteiger partial charge on any atom is -0.493 e. The van der Waals surface area contributed by atoms with E-state index >= 15 is 0 Å². The van der Waals surface area contributed by atoms with Crippen molar-refractivity contribution in [3.8, 4) is 28.7 Å². The van der Waals surface area contributed by atoms with Gasteiger partial charge in [-0.05, 0) is 48.9 Å². The molecule has 0 saturated heterocycles. The molecule has 3 N–H and O–H groups in total. The predicted molar refractivity (Wildman–Crippen MR) is 148 cm³/mol. The number of hydrogen-bond donors (Lipinski definition) is 3. The lowest BCUT2D eigenvalue weighted by atomic mass is 10.0. The van der Waals surface area contributed by atoms with Crippen LogP contribution in [-0.4, -0.2) is 46.3 Å². The molecular formula is C29H29N7O2. The number of benzene rings is 2. The molecule has 5 rings (SSSR count). The Hall–Kier alpha value is -4.81.